The zero-order valence-corrected chi connectivity index (χ0v) is 12.8. The van der Waals surface area contributed by atoms with Crippen LogP contribution in [0.1, 0.15) is 19.4 Å². The lowest BCUT2D eigenvalue weighted by Gasteiger charge is -2.17. The van der Waals surface area contributed by atoms with Crippen LogP contribution in [0.2, 0.25) is 5.02 Å². The summed E-state index contributed by atoms with van der Waals surface area (Å²) in [5, 5.41) is 0.108. The predicted molar refractivity (Wildman–Crippen MR) is 80.0 cm³/mol. The second-order valence-electron chi connectivity index (χ2n) is 5.02. The van der Waals surface area contributed by atoms with E-state index < -0.39 is 5.82 Å². The van der Waals surface area contributed by atoms with Crippen LogP contribution in [0.5, 0.6) is 0 Å². The largest absolute Gasteiger partial charge is 0.331 e. The van der Waals surface area contributed by atoms with Crippen molar-refractivity contribution in [2.45, 2.75) is 19.4 Å². The Kier molecular flexibility index (Phi) is 4.28. The molecule has 2 aromatic rings. The summed E-state index contributed by atoms with van der Waals surface area (Å²) in [6.07, 6.45) is 0.943. The van der Waals surface area contributed by atoms with E-state index in [0.717, 1.165) is 24.0 Å². The van der Waals surface area contributed by atoms with Gasteiger partial charge in [0.15, 0.2) is 4.77 Å². The van der Waals surface area contributed by atoms with Crippen LogP contribution in [0, 0.1) is 10.6 Å². The summed E-state index contributed by atoms with van der Waals surface area (Å²) in [5.41, 5.74) is 1.53. The van der Waals surface area contributed by atoms with Crippen molar-refractivity contribution in [2.75, 3.05) is 20.6 Å². The van der Waals surface area contributed by atoms with Gasteiger partial charge in [-0.15, -0.1) is 0 Å². The number of nitrogens with one attached hydrogen (secondary N) is 1. The number of H-pyrrole nitrogens is 1. The summed E-state index contributed by atoms with van der Waals surface area (Å²) in [4.78, 5) is 5.19. The molecule has 0 aliphatic rings. The minimum atomic E-state index is -0.420. The highest BCUT2D eigenvalue weighted by Crippen LogP contribution is 2.26. The Morgan fingerprint density at radius 2 is 2.16 bits per heavy atom. The summed E-state index contributed by atoms with van der Waals surface area (Å²) in [6.45, 7) is 3.03. The van der Waals surface area contributed by atoms with Crippen molar-refractivity contribution in [3.8, 4) is 0 Å². The molecule has 1 N–H and O–H groups in total. The maximum atomic E-state index is 13.6. The van der Waals surface area contributed by atoms with Crippen LogP contribution in [-0.2, 0) is 0 Å². The number of aromatic nitrogens is 2. The topological polar surface area (TPSA) is 24.0 Å². The fraction of sp³-hybridized carbons (Fsp3) is 0.462. The minimum absolute atomic E-state index is 0.108. The Balaban J connectivity index is 2.45. The number of fused-ring (bicyclic) bond motifs is 1. The summed E-state index contributed by atoms with van der Waals surface area (Å²) < 4.78 is 16.2. The quantitative estimate of drug-likeness (QED) is 0.863. The van der Waals surface area contributed by atoms with Crippen LogP contribution in [0.3, 0.4) is 0 Å². The van der Waals surface area contributed by atoms with Gasteiger partial charge in [-0.3, -0.25) is 0 Å². The van der Waals surface area contributed by atoms with Crippen molar-refractivity contribution in [1.82, 2.24) is 14.5 Å². The molecule has 3 nitrogen and oxygen atoms in total. The standard InChI is InChI=1S/C13H17ClFN3S/c1-8(4-5-17(2)3)18-12-7-10(15)9(14)6-11(12)16-13(18)19/h6-8H,4-5H2,1-3H3,(H,16,19). The molecule has 104 valence electrons. The van der Waals surface area contributed by atoms with Gasteiger partial charge in [-0.25, -0.2) is 4.39 Å². The van der Waals surface area contributed by atoms with Gasteiger partial charge in [0.2, 0.25) is 0 Å². The normalized spacial score (nSPS) is 13.4. The van der Waals surface area contributed by atoms with E-state index in [9.17, 15) is 4.39 Å². The highest BCUT2D eigenvalue weighted by Gasteiger charge is 2.13. The molecule has 19 heavy (non-hydrogen) atoms. The van der Waals surface area contributed by atoms with Gasteiger partial charge in [0.05, 0.1) is 16.1 Å². The number of rotatable bonds is 4. The number of nitrogens with zero attached hydrogens (tertiary/aromatic N) is 2. The van der Waals surface area contributed by atoms with E-state index in [0.29, 0.717) is 4.77 Å². The minimum Gasteiger partial charge on any atom is -0.331 e. The van der Waals surface area contributed by atoms with E-state index in [1.54, 1.807) is 6.07 Å². The average Bonchev–Trinajstić information content (AvgIpc) is 2.62. The third-order valence-electron chi connectivity index (χ3n) is 3.19. The van der Waals surface area contributed by atoms with Crippen LogP contribution in [0.25, 0.3) is 11.0 Å². The number of imidazole rings is 1. The van der Waals surface area contributed by atoms with E-state index in [2.05, 4.69) is 16.8 Å². The third-order valence-corrected chi connectivity index (χ3v) is 3.78. The fourth-order valence-electron chi connectivity index (χ4n) is 2.13. The maximum absolute atomic E-state index is 13.6. The summed E-state index contributed by atoms with van der Waals surface area (Å²) in [5.74, 6) is -0.420. The van der Waals surface area contributed by atoms with Gasteiger partial charge in [-0.1, -0.05) is 11.6 Å². The second-order valence-corrected chi connectivity index (χ2v) is 5.82. The first-order chi connectivity index (χ1) is 8.90. The number of benzene rings is 1. The van der Waals surface area contributed by atoms with Gasteiger partial charge in [-0.05, 0) is 52.3 Å². The molecular formula is C13H17ClFN3S. The molecule has 0 bridgehead atoms. The molecule has 1 atom stereocenters. The van der Waals surface area contributed by atoms with Gasteiger partial charge in [-0.2, -0.15) is 0 Å². The van der Waals surface area contributed by atoms with Crippen molar-refractivity contribution < 1.29 is 4.39 Å². The summed E-state index contributed by atoms with van der Waals surface area (Å²) in [7, 11) is 4.06. The Morgan fingerprint density at radius 1 is 1.47 bits per heavy atom. The molecule has 0 saturated heterocycles. The predicted octanol–water partition coefficient (Wildman–Crippen LogP) is 4.00. The smallest absolute Gasteiger partial charge is 0.178 e. The summed E-state index contributed by atoms with van der Waals surface area (Å²) >= 11 is 11.1. The fourth-order valence-corrected chi connectivity index (χ4v) is 2.68. The Labute approximate surface area is 122 Å². The van der Waals surface area contributed by atoms with Gasteiger partial charge in [0.1, 0.15) is 5.82 Å². The van der Waals surface area contributed by atoms with E-state index in [1.807, 2.05) is 18.7 Å². The van der Waals surface area contributed by atoms with E-state index in [1.165, 1.54) is 6.07 Å². The Hall–Kier alpha value is -0.910. The molecule has 6 heteroatoms. The first-order valence-electron chi connectivity index (χ1n) is 6.14. The lowest BCUT2D eigenvalue weighted by Crippen LogP contribution is -2.17. The van der Waals surface area contributed by atoms with Crippen molar-refractivity contribution in [3.63, 3.8) is 0 Å². The summed E-state index contributed by atoms with van der Waals surface area (Å²) in [6, 6.07) is 3.22. The highest BCUT2D eigenvalue weighted by molar-refractivity contribution is 7.71. The Bertz CT molecular complexity index is 647. The van der Waals surface area contributed by atoms with Crippen molar-refractivity contribution in [1.29, 1.82) is 0 Å². The highest BCUT2D eigenvalue weighted by atomic mass is 35.5. The SMILES string of the molecule is CC(CCN(C)C)n1c(=S)[nH]c2cc(Cl)c(F)cc21. The van der Waals surface area contributed by atoms with Crippen LogP contribution < -0.4 is 0 Å². The van der Waals surface area contributed by atoms with E-state index in [4.69, 9.17) is 23.8 Å². The molecule has 1 unspecified atom stereocenters. The van der Waals surface area contributed by atoms with E-state index in [-0.39, 0.29) is 11.1 Å². The molecule has 2 rings (SSSR count). The van der Waals surface area contributed by atoms with Crippen LogP contribution in [0.15, 0.2) is 12.1 Å². The Morgan fingerprint density at radius 3 is 2.79 bits per heavy atom. The molecule has 0 radical (unpaired) electrons. The molecule has 0 saturated carbocycles. The number of aromatic amines is 1. The van der Waals surface area contributed by atoms with Crippen molar-refractivity contribution in [3.05, 3.63) is 27.7 Å². The van der Waals surface area contributed by atoms with E-state index >= 15 is 0 Å². The number of hydrogen-bond acceptors (Lipinski definition) is 2. The van der Waals surface area contributed by atoms with Crippen molar-refractivity contribution in [2.24, 2.45) is 0 Å². The molecule has 0 aliphatic carbocycles. The third kappa shape index (κ3) is 2.99. The van der Waals surface area contributed by atoms with Gasteiger partial charge >= 0.3 is 0 Å². The molecule has 0 aliphatic heterocycles. The van der Waals surface area contributed by atoms with Crippen molar-refractivity contribution >= 4 is 34.9 Å². The van der Waals surface area contributed by atoms with Gasteiger partial charge in [0, 0.05) is 12.1 Å². The van der Waals surface area contributed by atoms with Crippen LogP contribution in [0.4, 0.5) is 4.39 Å². The molecule has 1 aromatic heterocycles. The monoisotopic (exact) mass is 301 g/mol. The molecular weight excluding hydrogens is 285 g/mol. The average molecular weight is 302 g/mol. The molecule has 0 fully saturated rings. The number of halogens is 2. The second kappa shape index (κ2) is 5.61. The van der Waals surface area contributed by atoms with Gasteiger partial charge in [0.25, 0.3) is 0 Å². The maximum Gasteiger partial charge on any atom is 0.178 e. The van der Waals surface area contributed by atoms with Crippen LogP contribution in [-0.4, -0.2) is 35.1 Å². The van der Waals surface area contributed by atoms with Gasteiger partial charge < -0.3 is 14.5 Å². The number of hydrogen-bond donors (Lipinski definition) is 1. The zero-order chi connectivity index (χ0) is 14.2. The molecule has 1 aromatic carbocycles. The zero-order valence-electron chi connectivity index (χ0n) is 11.2. The molecule has 1 heterocycles. The lowest BCUT2D eigenvalue weighted by atomic mass is 10.2. The lowest BCUT2D eigenvalue weighted by molar-refractivity contribution is 0.359. The first-order valence-corrected chi connectivity index (χ1v) is 6.92. The molecule has 0 spiro atoms. The first kappa shape index (κ1) is 14.5. The molecule has 0 amide bonds. The van der Waals surface area contributed by atoms with Crippen LogP contribution >= 0.6 is 23.8 Å².